The highest BCUT2D eigenvalue weighted by Gasteiger charge is 2.34. The summed E-state index contributed by atoms with van der Waals surface area (Å²) in [4.78, 5) is 0.878. The van der Waals surface area contributed by atoms with Crippen LogP contribution in [0.25, 0.3) is 5.57 Å². The van der Waals surface area contributed by atoms with E-state index in [1.807, 2.05) is 6.92 Å². The Kier molecular flexibility index (Phi) is 4.41. The van der Waals surface area contributed by atoms with Crippen LogP contribution in [0.4, 0.5) is 13.2 Å². The van der Waals surface area contributed by atoms with Crippen molar-refractivity contribution in [2.75, 3.05) is 6.61 Å². The van der Waals surface area contributed by atoms with Gasteiger partial charge in [-0.3, -0.25) is 0 Å². The fraction of sp³-hybridized carbons (Fsp3) is 0.273. The van der Waals surface area contributed by atoms with Crippen LogP contribution in [0.3, 0.4) is 0 Å². The molecule has 1 aromatic rings. The topological polar surface area (TPSA) is 9.23 Å². The van der Waals surface area contributed by atoms with Crippen LogP contribution < -0.4 is 4.74 Å². The van der Waals surface area contributed by atoms with Crippen LogP contribution in [-0.2, 0) is 0 Å². The molecule has 0 amide bonds. The van der Waals surface area contributed by atoms with Crippen LogP contribution in [0, 0.1) is 0 Å². The lowest BCUT2D eigenvalue weighted by atomic mass is 10.1. The monoisotopic (exact) mass is 294 g/mol. The lowest BCUT2D eigenvalue weighted by Gasteiger charge is -2.11. The van der Waals surface area contributed by atoms with Gasteiger partial charge in [-0.25, -0.2) is 0 Å². The summed E-state index contributed by atoms with van der Waals surface area (Å²) in [6.07, 6.45) is -4.36. The molecule has 0 spiro atoms. The molecule has 0 saturated heterocycles. The van der Waals surface area contributed by atoms with E-state index in [9.17, 15) is 13.2 Å². The summed E-state index contributed by atoms with van der Waals surface area (Å²) in [5.41, 5.74) is -0.608. The molecule has 16 heavy (non-hydrogen) atoms. The summed E-state index contributed by atoms with van der Waals surface area (Å²) < 4.78 is 42.7. The van der Waals surface area contributed by atoms with Crippen molar-refractivity contribution in [3.63, 3.8) is 0 Å². The van der Waals surface area contributed by atoms with Crippen molar-refractivity contribution in [2.45, 2.75) is 13.1 Å². The van der Waals surface area contributed by atoms with E-state index in [2.05, 4.69) is 15.9 Å². The first-order chi connectivity index (χ1) is 7.49. The van der Waals surface area contributed by atoms with E-state index in [-0.39, 0.29) is 5.56 Å². The molecule has 0 aliphatic carbocycles. The average Bonchev–Trinajstić information content (AvgIpc) is 2.20. The molecule has 1 nitrogen and oxygen atoms in total. The van der Waals surface area contributed by atoms with E-state index in [1.165, 1.54) is 24.3 Å². The molecule has 0 atom stereocenters. The quantitative estimate of drug-likeness (QED) is 0.804. The van der Waals surface area contributed by atoms with Crippen molar-refractivity contribution >= 4 is 21.5 Å². The van der Waals surface area contributed by atoms with Gasteiger partial charge < -0.3 is 4.74 Å². The minimum Gasteiger partial charge on any atom is -0.494 e. The van der Waals surface area contributed by atoms with Crippen LogP contribution in [0.5, 0.6) is 5.75 Å². The highest BCUT2D eigenvalue weighted by molar-refractivity contribution is 9.11. The van der Waals surface area contributed by atoms with Crippen molar-refractivity contribution in [1.29, 1.82) is 0 Å². The summed E-state index contributed by atoms with van der Waals surface area (Å²) in [7, 11) is 0. The zero-order valence-corrected chi connectivity index (χ0v) is 10.1. The number of benzene rings is 1. The summed E-state index contributed by atoms with van der Waals surface area (Å²) in [5.74, 6) is 0.558. The van der Waals surface area contributed by atoms with Gasteiger partial charge in [0.15, 0.2) is 0 Å². The van der Waals surface area contributed by atoms with Gasteiger partial charge in [0.1, 0.15) is 5.75 Å². The van der Waals surface area contributed by atoms with E-state index in [0.29, 0.717) is 12.4 Å². The lowest BCUT2D eigenvalue weighted by Crippen LogP contribution is -2.10. The molecule has 0 fully saturated rings. The molecule has 0 saturated carbocycles. The third-order valence-corrected chi connectivity index (χ3v) is 2.35. The Bertz CT molecular complexity index is 368. The minimum atomic E-state index is -4.36. The number of halogens is 4. The molecule has 0 aliphatic rings. The van der Waals surface area contributed by atoms with E-state index >= 15 is 0 Å². The molecule has 88 valence electrons. The molecule has 0 radical (unpaired) electrons. The molecule has 5 heteroatoms. The normalized spacial score (nSPS) is 12.7. The Hall–Kier alpha value is -0.970. The molecule has 1 rings (SSSR count). The van der Waals surface area contributed by atoms with Crippen LogP contribution in [0.1, 0.15) is 12.5 Å². The zero-order valence-electron chi connectivity index (χ0n) is 8.51. The Morgan fingerprint density at radius 1 is 1.31 bits per heavy atom. The number of rotatable bonds is 3. The number of alkyl halides is 3. The predicted octanol–water partition coefficient (Wildman–Crippen LogP) is 4.38. The van der Waals surface area contributed by atoms with Crippen molar-refractivity contribution in [3.8, 4) is 5.75 Å². The largest absolute Gasteiger partial charge is 0.494 e. The standard InChI is InChI=1S/C11H10BrF3O/c1-2-16-9-5-3-8(4-6-9)10(7-12)11(13,14)15/h3-7H,2H2,1H3. The van der Waals surface area contributed by atoms with Gasteiger partial charge >= 0.3 is 6.18 Å². The molecule has 0 unspecified atom stereocenters. The van der Waals surface area contributed by atoms with Gasteiger partial charge in [0.25, 0.3) is 0 Å². The highest BCUT2D eigenvalue weighted by atomic mass is 79.9. The van der Waals surface area contributed by atoms with Crippen LogP contribution >= 0.6 is 15.9 Å². The molecule has 0 aliphatic heterocycles. The zero-order chi connectivity index (χ0) is 12.2. The van der Waals surface area contributed by atoms with Crippen molar-refractivity contribution in [1.82, 2.24) is 0 Å². The van der Waals surface area contributed by atoms with Crippen LogP contribution in [0.15, 0.2) is 29.3 Å². The second-order valence-corrected chi connectivity index (χ2v) is 3.44. The number of hydrogen-bond acceptors (Lipinski definition) is 1. The third kappa shape index (κ3) is 3.27. The van der Waals surface area contributed by atoms with Crippen LogP contribution in [0.2, 0.25) is 0 Å². The van der Waals surface area contributed by atoms with Crippen molar-refractivity contribution in [3.05, 3.63) is 34.8 Å². The first-order valence-corrected chi connectivity index (χ1v) is 5.51. The molecule has 1 aromatic carbocycles. The predicted molar refractivity (Wildman–Crippen MR) is 60.6 cm³/mol. The summed E-state index contributed by atoms with van der Waals surface area (Å²) >= 11 is 2.72. The second-order valence-electron chi connectivity index (χ2n) is 2.98. The van der Waals surface area contributed by atoms with Gasteiger partial charge in [-0.15, -0.1) is 0 Å². The Morgan fingerprint density at radius 3 is 2.25 bits per heavy atom. The molecular weight excluding hydrogens is 285 g/mol. The summed E-state index contributed by atoms with van der Waals surface area (Å²) in [6.45, 7) is 2.30. The molecule has 0 aromatic heterocycles. The SMILES string of the molecule is CCOc1ccc(C(=CBr)C(F)(F)F)cc1. The minimum absolute atomic E-state index is 0.104. The van der Waals surface area contributed by atoms with Gasteiger partial charge in [0, 0.05) is 0 Å². The maximum Gasteiger partial charge on any atom is 0.417 e. The fourth-order valence-electron chi connectivity index (χ4n) is 1.19. The first kappa shape index (κ1) is 13.1. The molecular formula is C11H10BrF3O. The fourth-order valence-corrected chi connectivity index (χ4v) is 1.71. The summed E-state index contributed by atoms with van der Waals surface area (Å²) in [6, 6.07) is 5.79. The smallest absolute Gasteiger partial charge is 0.417 e. The maximum absolute atomic E-state index is 12.5. The Balaban J connectivity index is 2.97. The lowest BCUT2D eigenvalue weighted by molar-refractivity contribution is -0.0687. The van der Waals surface area contributed by atoms with E-state index in [4.69, 9.17) is 4.74 Å². The number of allylic oxidation sites excluding steroid dienone is 1. The Labute approximate surface area is 100 Å². The second kappa shape index (κ2) is 5.39. The van der Waals surface area contributed by atoms with E-state index < -0.39 is 11.7 Å². The Morgan fingerprint density at radius 2 is 1.88 bits per heavy atom. The number of ether oxygens (including phenoxy) is 1. The van der Waals surface area contributed by atoms with Crippen molar-refractivity contribution < 1.29 is 17.9 Å². The first-order valence-electron chi connectivity index (χ1n) is 4.60. The van der Waals surface area contributed by atoms with Gasteiger partial charge in [-0.1, -0.05) is 28.1 Å². The van der Waals surface area contributed by atoms with Gasteiger partial charge in [0.2, 0.25) is 0 Å². The van der Waals surface area contributed by atoms with Gasteiger partial charge in [0.05, 0.1) is 12.2 Å². The van der Waals surface area contributed by atoms with Gasteiger partial charge in [-0.05, 0) is 29.6 Å². The van der Waals surface area contributed by atoms with Gasteiger partial charge in [-0.2, -0.15) is 13.2 Å². The average molecular weight is 295 g/mol. The maximum atomic E-state index is 12.5. The number of hydrogen-bond donors (Lipinski definition) is 0. The molecule has 0 bridgehead atoms. The van der Waals surface area contributed by atoms with Crippen LogP contribution in [-0.4, -0.2) is 12.8 Å². The van der Waals surface area contributed by atoms with E-state index in [1.54, 1.807) is 0 Å². The third-order valence-electron chi connectivity index (χ3n) is 1.89. The molecule has 0 heterocycles. The highest BCUT2D eigenvalue weighted by Crippen LogP contribution is 2.35. The van der Waals surface area contributed by atoms with E-state index in [0.717, 1.165) is 4.99 Å². The summed E-state index contributed by atoms with van der Waals surface area (Å²) in [5, 5.41) is 0. The van der Waals surface area contributed by atoms with Crippen molar-refractivity contribution in [2.24, 2.45) is 0 Å². The molecule has 0 N–H and O–H groups in total.